The van der Waals surface area contributed by atoms with E-state index in [1.54, 1.807) is 13.8 Å². The van der Waals surface area contributed by atoms with E-state index < -0.39 is 71.8 Å². The lowest BCUT2D eigenvalue weighted by molar-refractivity contribution is -0.146. The van der Waals surface area contributed by atoms with E-state index in [-0.39, 0.29) is 18.9 Å². The summed E-state index contributed by atoms with van der Waals surface area (Å²) in [7, 11) is 0. The Morgan fingerprint density at radius 2 is 1.62 bits per heavy atom. The van der Waals surface area contributed by atoms with E-state index in [0.717, 1.165) is 0 Å². The topological polar surface area (TPSA) is 282 Å². The fourth-order valence-electron chi connectivity index (χ4n) is 4.60. The molecule has 240 valence electrons. The Bertz CT molecular complexity index is 956. The van der Waals surface area contributed by atoms with Gasteiger partial charge in [0.25, 0.3) is 0 Å². The van der Waals surface area contributed by atoms with Crippen LogP contribution in [0.4, 0.5) is 0 Å². The molecule has 1 fully saturated rings. The molecule has 4 amide bonds. The van der Waals surface area contributed by atoms with Crippen molar-refractivity contribution in [3.8, 4) is 0 Å². The number of nitrogens with one attached hydrogen (secondary N) is 3. The highest BCUT2D eigenvalue weighted by Crippen LogP contribution is 2.21. The van der Waals surface area contributed by atoms with Crippen LogP contribution in [0.1, 0.15) is 65.7 Å². The molecule has 6 atom stereocenters. The number of likely N-dealkylation sites (tertiary alicyclic amines) is 1. The molecular formula is C26H49N9O7. The molecule has 1 rings (SSSR count). The Hall–Kier alpha value is -3.50. The molecule has 1 aliphatic heterocycles. The van der Waals surface area contributed by atoms with Crippen molar-refractivity contribution >= 4 is 35.6 Å². The van der Waals surface area contributed by atoms with Crippen LogP contribution in [0.15, 0.2) is 4.99 Å². The van der Waals surface area contributed by atoms with Crippen LogP contribution in [0, 0.1) is 5.92 Å². The zero-order valence-electron chi connectivity index (χ0n) is 24.8. The maximum atomic E-state index is 13.6. The number of aliphatic carboxylic acids is 1. The Morgan fingerprint density at radius 3 is 2.17 bits per heavy atom. The Balaban J connectivity index is 2.99. The summed E-state index contributed by atoms with van der Waals surface area (Å²) in [5, 5.41) is 26.6. The molecule has 0 radical (unpaired) electrons. The molecule has 1 aliphatic rings. The van der Waals surface area contributed by atoms with Gasteiger partial charge in [0.15, 0.2) is 12.0 Å². The summed E-state index contributed by atoms with van der Waals surface area (Å²) in [6.07, 6.45) is 1.72. The zero-order valence-corrected chi connectivity index (χ0v) is 24.8. The smallest absolute Gasteiger partial charge is 0.328 e. The molecule has 0 aromatic heterocycles. The van der Waals surface area contributed by atoms with Crippen molar-refractivity contribution in [3.63, 3.8) is 0 Å². The van der Waals surface area contributed by atoms with E-state index >= 15 is 0 Å². The maximum Gasteiger partial charge on any atom is 0.328 e. The molecule has 0 spiro atoms. The van der Waals surface area contributed by atoms with Crippen LogP contribution in [0.5, 0.6) is 0 Å². The van der Waals surface area contributed by atoms with Crippen molar-refractivity contribution < 1.29 is 34.2 Å². The summed E-state index contributed by atoms with van der Waals surface area (Å²) in [6, 6.07) is -5.42. The second kappa shape index (κ2) is 18.1. The lowest BCUT2D eigenvalue weighted by Gasteiger charge is -2.31. The zero-order chi connectivity index (χ0) is 32.0. The highest BCUT2D eigenvalue weighted by atomic mass is 16.4. The first-order chi connectivity index (χ1) is 19.7. The molecule has 13 N–H and O–H groups in total. The molecule has 0 aromatic carbocycles. The molecule has 0 unspecified atom stereocenters. The summed E-state index contributed by atoms with van der Waals surface area (Å²) in [6.45, 7) is 5.55. The third kappa shape index (κ3) is 11.8. The third-order valence-electron chi connectivity index (χ3n) is 7.00. The standard InChI is InChI=1S/C26H49N9O7/c1-14(2)19(23(39)34-20(15(3)36)25(41)42)33-22(38)18-10-7-13-35(18)24(40)17(9-4-5-11-27)32-21(37)16(28)8-6-12-31-26(29)30/h14-20,36H,4-13,27-28H2,1-3H3,(H,32,37)(H,33,38)(H,34,39)(H,41,42)(H4,29,30,31)/t15-,16+,17+,18+,19+,20+/m1/s1. The van der Waals surface area contributed by atoms with Crippen molar-refractivity contribution in [3.05, 3.63) is 0 Å². The Morgan fingerprint density at radius 1 is 0.952 bits per heavy atom. The molecule has 16 nitrogen and oxygen atoms in total. The SMILES string of the molecule is CC(C)[C@H](NC(=O)[C@@H]1CCCN1C(=O)[C@H](CCCCN)NC(=O)[C@@H](N)CCCN=C(N)N)C(=O)N[C@H](C(=O)O)[C@@H](C)O. The normalized spacial score (nSPS) is 18.4. The summed E-state index contributed by atoms with van der Waals surface area (Å²) in [5.74, 6) is -4.24. The highest BCUT2D eigenvalue weighted by Gasteiger charge is 2.40. The molecular weight excluding hydrogens is 550 g/mol. The van der Waals surface area contributed by atoms with E-state index in [4.69, 9.17) is 22.9 Å². The minimum Gasteiger partial charge on any atom is -0.480 e. The lowest BCUT2D eigenvalue weighted by Crippen LogP contribution is -2.59. The second-order valence-electron chi connectivity index (χ2n) is 10.9. The second-order valence-corrected chi connectivity index (χ2v) is 10.9. The average Bonchev–Trinajstić information content (AvgIpc) is 3.41. The van der Waals surface area contributed by atoms with Gasteiger partial charge in [0.2, 0.25) is 23.6 Å². The maximum absolute atomic E-state index is 13.6. The number of nitrogens with two attached hydrogens (primary N) is 4. The number of aliphatic hydroxyl groups excluding tert-OH is 1. The summed E-state index contributed by atoms with van der Waals surface area (Å²) in [5.41, 5.74) is 22.2. The number of carboxylic acid groups (broad SMARTS) is 1. The van der Waals surface area contributed by atoms with Crippen LogP contribution in [0.3, 0.4) is 0 Å². The van der Waals surface area contributed by atoms with Crippen LogP contribution in [0.2, 0.25) is 0 Å². The summed E-state index contributed by atoms with van der Waals surface area (Å²) < 4.78 is 0. The van der Waals surface area contributed by atoms with Gasteiger partial charge in [0.05, 0.1) is 12.1 Å². The van der Waals surface area contributed by atoms with Gasteiger partial charge in [-0.3, -0.25) is 24.2 Å². The van der Waals surface area contributed by atoms with Crippen LogP contribution in [-0.4, -0.2) is 107 Å². The monoisotopic (exact) mass is 599 g/mol. The van der Waals surface area contributed by atoms with Gasteiger partial charge in [-0.25, -0.2) is 4.79 Å². The summed E-state index contributed by atoms with van der Waals surface area (Å²) in [4.78, 5) is 69.3. The number of nitrogens with zero attached hydrogens (tertiary/aromatic N) is 2. The van der Waals surface area contributed by atoms with Gasteiger partial charge < -0.3 is 54.0 Å². The first kappa shape index (κ1) is 36.5. The highest BCUT2D eigenvalue weighted by molar-refractivity contribution is 5.96. The largest absolute Gasteiger partial charge is 0.480 e. The number of aliphatic imine (C=N–C) groups is 1. The van der Waals surface area contributed by atoms with Crippen LogP contribution in [-0.2, 0) is 24.0 Å². The van der Waals surface area contributed by atoms with Gasteiger partial charge in [-0.2, -0.15) is 0 Å². The predicted octanol–water partition coefficient (Wildman–Crippen LogP) is -2.94. The van der Waals surface area contributed by atoms with Crippen LogP contribution >= 0.6 is 0 Å². The molecule has 0 saturated carbocycles. The van der Waals surface area contributed by atoms with Crippen molar-refractivity contribution in [2.24, 2.45) is 33.8 Å². The van der Waals surface area contributed by atoms with Crippen molar-refractivity contribution in [2.75, 3.05) is 19.6 Å². The number of amides is 4. The van der Waals surface area contributed by atoms with Gasteiger partial charge >= 0.3 is 5.97 Å². The first-order valence-corrected chi connectivity index (χ1v) is 14.3. The number of hydrogen-bond donors (Lipinski definition) is 9. The molecule has 0 aliphatic carbocycles. The van der Waals surface area contributed by atoms with Crippen LogP contribution in [0.25, 0.3) is 0 Å². The van der Waals surface area contributed by atoms with E-state index in [2.05, 4.69) is 20.9 Å². The van der Waals surface area contributed by atoms with Crippen LogP contribution < -0.4 is 38.9 Å². The first-order valence-electron chi connectivity index (χ1n) is 14.3. The number of guanidine groups is 1. The molecule has 42 heavy (non-hydrogen) atoms. The van der Waals surface area contributed by atoms with Gasteiger partial charge in [-0.05, 0) is 64.3 Å². The molecule has 1 saturated heterocycles. The molecule has 0 bridgehead atoms. The minimum absolute atomic E-state index is 0.0626. The van der Waals surface area contributed by atoms with E-state index in [9.17, 15) is 34.2 Å². The van der Waals surface area contributed by atoms with Crippen molar-refractivity contribution in [2.45, 2.75) is 102 Å². The molecule has 1 heterocycles. The van der Waals surface area contributed by atoms with Gasteiger partial charge in [0, 0.05) is 13.1 Å². The fraction of sp³-hybridized carbons (Fsp3) is 0.769. The van der Waals surface area contributed by atoms with E-state index in [1.807, 2.05) is 0 Å². The number of carbonyl (C=O) groups excluding carboxylic acids is 4. The number of aliphatic hydroxyl groups is 1. The number of hydrogen-bond acceptors (Lipinski definition) is 9. The van der Waals surface area contributed by atoms with E-state index in [1.165, 1.54) is 11.8 Å². The molecule has 0 aromatic rings. The summed E-state index contributed by atoms with van der Waals surface area (Å²) >= 11 is 0. The van der Waals surface area contributed by atoms with Gasteiger partial charge in [-0.1, -0.05) is 13.8 Å². The number of rotatable bonds is 18. The van der Waals surface area contributed by atoms with Crippen molar-refractivity contribution in [1.82, 2.24) is 20.9 Å². The van der Waals surface area contributed by atoms with Crippen molar-refractivity contribution in [1.29, 1.82) is 0 Å². The van der Waals surface area contributed by atoms with Gasteiger partial charge in [-0.15, -0.1) is 0 Å². The average molecular weight is 600 g/mol. The number of carbonyl (C=O) groups is 5. The number of unbranched alkanes of at least 4 members (excludes halogenated alkanes) is 1. The predicted molar refractivity (Wildman–Crippen MR) is 155 cm³/mol. The quantitative estimate of drug-likeness (QED) is 0.0436. The number of carboxylic acids is 1. The molecule has 16 heteroatoms. The van der Waals surface area contributed by atoms with Gasteiger partial charge in [0.1, 0.15) is 18.1 Å². The Labute approximate surface area is 246 Å². The fourth-order valence-corrected chi connectivity index (χ4v) is 4.60. The Kier molecular flexibility index (Phi) is 15.8. The minimum atomic E-state index is -1.56. The third-order valence-corrected chi connectivity index (χ3v) is 7.00. The van der Waals surface area contributed by atoms with E-state index in [0.29, 0.717) is 51.6 Å². The lowest BCUT2D eigenvalue weighted by atomic mass is 10.0.